The van der Waals surface area contributed by atoms with E-state index in [-0.39, 0.29) is 22.5 Å². The minimum Gasteiger partial charge on any atom is -0.497 e. The Kier molecular flexibility index (Phi) is 5.25. The highest BCUT2D eigenvalue weighted by molar-refractivity contribution is 8.93. The molecule has 3 aliphatic rings. The minimum atomic E-state index is 0. The van der Waals surface area contributed by atoms with Crippen LogP contribution in [-0.2, 0) is 11.8 Å². The van der Waals surface area contributed by atoms with Gasteiger partial charge in [-0.25, -0.2) is 0 Å². The number of methoxy groups -OCH3 is 1. The number of likely N-dealkylation sites (tertiary alicyclic amines) is 1. The van der Waals surface area contributed by atoms with Crippen LogP contribution in [0.1, 0.15) is 43.2 Å². The van der Waals surface area contributed by atoms with E-state index in [1.807, 2.05) is 0 Å². The van der Waals surface area contributed by atoms with Crippen LogP contribution in [-0.4, -0.2) is 37.1 Å². The second-order valence-electron chi connectivity index (χ2n) is 7.03. The normalized spacial score (nSPS) is 32.8. The number of hydrogen-bond donors (Lipinski definition) is 0. The van der Waals surface area contributed by atoms with Gasteiger partial charge in [-0.1, -0.05) is 18.9 Å². The van der Waals surface area contributed by atoms with Gasteiger partial charge in [0.25, 0.3) is 0 Å². The number of hydrogen-bond acceptors (Lipinski definition) is 2. The molecule has 4 rings (SSSR count). The SMILES string of the molecule is Br.COc1ccc2c(c1)[C@@]13CCCC[C@@H]1[C@@H](C2)N(C)CC3.O. The lowest BCUT2D eigenvalue weighted by molar-refractivity contribution is 0.00274. The zero-order valence-electron chi connectivity index (χ0n) is 13.6. The first-order valence-corrected chi connectivity index (χ1v) is 8.12. The van der Waals surface area contributed by atoms with Crippen molar-refractivity contribution >= 4 is 17.0 Å². The molecule has 2 bridgehead atoms. The third kappa shape index (κ3) is 2.40. The molecular formula is C18H28BrNO2. The van der Waals surface area contributed by atoms with Crippen molar-refractivity contribution in [1.29, 1.82) is 0 Å². The molecule has 1 aliphatic heterocycles. The smallest absolute Gasteiger partial charge is 0.119 e. The fourth-order valence-corrected chi connectivity index (χ4v) is 5.30. The number of benzene rings is 1. The van der Waals surface area contributed by atoms with Crippen LogP contribution in [0.4, 0.5) is 0 Å². The summed E-state index contributed by atoms with van der Waals surface area (Å²) in [5, 5.41) is 0. The van der Waals surface area contributed by atoms with Gasteiger partial charge in [-0.2, -0.15) is 0 Å². The van der Waals surface area contributed by atoms with Gasteiger partial charge >= 0.3 is 0 Å². The van der Waals surface area contributed by atoms with Gasteiger partial charge in [0.15, 0.2) is 0 Å². The summed E-state index contributed by atoms with van der Waals surface area (Å²) in [5.74, 6) is 1.91. The number of rotatable bonds is 1. The Balaban J connectivity index is 0.000000882. The van der Waals surface area contributed by atoms with Gasteiger partial charge in [-0.3, -0.25) is 0 Å². The summed E-state index contributed by atoms with van der Waals surface area (Å²) in [5.41, 5.74) is 3.67. The van der Waals surface area contributed by atoms with E-state index in [0.29, 0.717) is 5.41 Å². The highest BCUT2D eigenvalue weighted by atomic mass is 79.9. The first-order valence-electron chi connectivity index (χ1n) is 8.12. The Morgan fingerprint density at radius 3 is 2.82 bits per heavy atom. The molecule has 4 heteroatoms. The maximum Gasteiger partial charge on any atom is 0.119 e. The van der Waals surface area contributed by atoms with E-state index in [0.717, 1.165) is 17.7 Å². The Morgan fingerprint density at radius 1 is 1.23 bits per heavy atom. The summed E-state index contributed by atoms with van der Waals surface area (Å²) in [6.45, 7) is 1.26. The van der Waals surface area contributed by atoms with E-state index in [1.165, 1.54) is 45.1 Å². The summed E-state index contributed by atoms with van der Waals surface area (Å²) in [6.07, 6.45) is 8.22. The van der Waals surface area contributed by atoms with Gasteiger partial charge in [-0.15, -0.1) is 17.0 Å². The van der Waals surface area contributed by atoms with Gasteiger partial charge in [0, 0.05) is 11.5 Å². The lowest BCUT2D eigenvalue weighted by Crippen LogP contribution is -2.59. The molecule has 0 aromatic heterocycles. The van der Waals surface area contributed by atoms with Crippen molar-refractivity contribution in [2.75, 3.05) is 20.7 Å². The fraction of sp³-hybridized carbons (Fsp3) is 0.667. The first kappa shape index (κ1) is 17.8. The van der Waals surface area contributed by atoms with Crippen LogP contribution in [0.3, 0.4) is 0 Å². The molecule has 1 saturated heterocycles. The first-order chi connectivity index (χ1) is 9.74. The van der Waals surface area contributed by atoms with E-state index in [9.17, 15) is 0 Å². The van der Waals surface area contributed by atoms with Crippen molar-refractivity contribution in [3.63, 3.8) is 0 Å². The summed E-state index contributed by atoms with van der Waals surface area (Å²) in [6, 6.07) is 7.60. The molecule has 124 valence electrons. The van der Waals surface area contributed by atoms with E-state index >= 15 is 0 Å². The highest BCUT2D eigenvalue weighted by Gasteiger charge is 2.53. The molecule has 1 saturated carbocycles. The molecule has 2 fully saturated rings. The molecule has 0 amide bonds. The lowest BCUT2D eigenvalue weighted by atomic mass is 9.52. The standard InChI is InChI=1S/C18H25NO.BrH.H2O/c1-19-10-9-18-8-4-3-5-15(18)17(19)11-13-6-7-14(20-2)12-16(13)18;;/h6-7,12,15,17H,3-5,8-11H2,1-2H3;1H;1H2/t15-,17-,18-;;/m1../s1. The molecule has 0 unspecified atom stereocenters. The van der Waals surface area contributed by atoms with E-state index in [1.54, 1.807) is 18.2 Å². The number of nitrogens with zero attached hydrogens (tertiary/aromatic N) is 1. The zero-order valence-corrected chi connectivity index (χ0v) is 15.3. The lowest BCUT2D eigenvalue weighted by Gasteiger charge is -2.58. The van der Waals surface area contributed by atoms with Crippen LogP contribution in [0, 0.1) is 5.92 Å². The van der Waals surface area contributed by atoms with Crippen LogP contribution in [0.25, 0.3) is 0 Å². The zero-order chi connectivity index (χ0) is 13.7. The van der Waals surface area contributed by atoms with Crippen LogP contribution < -0.4 is 4.74 Å². The second-order valence-corrected chi connectivity index (χ2v) is 7.03. The Labute approximate surface area is 144 Å². The predicted octanol–water partition coefficient (Wildman–Crippen LogP) is 3.14. The Bertz CT molecular complexity index is 536. The second kappa shape index (κ2) is 6.50. The molecule has 1 aromatic carbocycles. The van der Waals surface area contributed by atoms with Crippen LogP contribution in [0.5, 0.6) is 5.75 Å². The van der Waals surface area contributed by atoms with Crippen LogP contribution in [0.2, 0.25) is 0 Å². The van der Waals surface area contributed by atoms with Gasteiger partial charge in [0.1, 0.15) is 5.75 Å². The highest BCUT2D eigenvalue weighted by Crippen LogP contribution is 2.55. The van der Waals surface area contributed by atoms with Crippen LogP contribution >= 0.6 is 17.0 Å². The summed E-state index contributed by atoms with van der Waals surface area (Å²) >= 11 is 0. The fourth-order valence-electron chi connectivity index (χ4n) is 5.30. The van der Waals surface area contributed by atoms with Gasteiger partial charge in [0.2, 0.25) is 0 Å². The average Bonchev–Trinajstić information content (AvgIpc) is 2.50. The number of piperidine rings is 1. The van der Waals surface area contributed by atoms with Crippen LogP contribution in [0.15, 0.2) is 18.2 Å². The molecule has 3 atom stereocenters. The van der Waals surface area contributed by atoms with E-state index in [2.05, 4.69) is 30.1 Å². The molecular weight excluding hydrogens is 342 g/mol. The van der Waals surface area contributed by atoms with Gasteiger partial charge in [-0.05, 0) is 68.5 Å². The third-order valence-corrected chi connectivity index (χ3v) is 6.32. The van der Waals surface area contributed by atoms with Gasteiger partial charge < -0.3 is 15.1 Å². The van der Waals surface area contributed by atoms with E-state index in [4.69, 9.17) is 4.74 Å². The predicted molar refractivity (Wildman–Crippen MR) is 95.3 cm³/mol. The van der Waals surface area contributed by atoms with Crippen molar-refractivity contribution in [3.8, 4) is 5.75 Å². The largest absolute Gasteiger partial charge is 0.497 e. The Morgan fingerprint density at radius 2 is 2.05 bits per heavy atom. The number of likely N-dealkylation sites (N-methyl/N-ethyl adjacent to an activating group) is 1. The average molecular weight is 370 g/mol. The molecule has 3 nitrogen and oxygen atoms in total. The number of ether oxygens (including phenoxy) is 1. The van der Waals surface area contributed by atoms with E-state index < -0.39 is 0 Å². The summed E-state index contributed by atoms with van der Waals surface area (Å²) in [4.78, 5) is 2.63. The van der Waals surface area contributed by atoms with Crippen molar-refractivity contribution in [3.05, 3.63) is 29.3 Å². The van der Waals surface area contributed by atoms with Gasteiger partial charge in [0.05, 0.1) is 7.11 Å². The monoisotopic (exact) mass is 369 g/mol. The summed E-state index contributed by atoms with van der Waals surface area (Å²) < 4.78 is 5.51. The molecule has 0 radical (unpaired) electrons. The minimum absolute atomic E-state index is 0. The molecule has 22 heavy (non-hydrogen) atoms. The van der Waals surface area contributed by atoms with Crippen molar-refractivity contribution in [2.45, 2.75) is 50.0 Å². The summed E-state index contributed by atoms with van der Waals surface area (Å²) in [7, 11) is 4.12. The molecule has 0 spiro atoms. The molecule has 2 N–H and O–H groups in total. The molecule has 2 aliphatic carbocycles. The van der Waals surface area contributed by atoms with Crippen molar-refractivity contribution < 1.29 is 10.2 Å². The number of halogens is 1. The Hall–Kier alpha value is -0.580. The van der Waals surface area contributed by atoms with Crippen molar-refractivity contribution in [1.82, 2.24) is 4.90 Å². The maximum absolute atomic E-state index is 5.51. The molecule has 1 aromatic rings. The quantitative estimate of drug-likeness (QED) is 0.762. The maximum atomic E-state index is 5.51. The number of fused-ring (bicyclic) bond motifs is 1. The topological polar surface area (TPSA) is 44.0 Å². The van der Waals surface area contributed by atoms with Crippen molar-refractivity contribution in [2.24, 2.45) is 5.92 Å². The third-order valence-electron chi connectivity index (χ3n) is 6.32. The molecule has 1 heterocycles.